The highest BCUT2D eigenvalue weighted by Crippen LogP contribution is 2.45. The molecule has 0 N–H and O–H groups in total. The summed E-state index contributed by atoms with van der Waals surface area (Å²) in [6.45, 7) is 9.41. The lowest BCUT2D eigenvalue weighted by Gasteiger charge is -2.36. The van der Waals surface area contributed by atoms with Gasteiger partial charge in [0.15, 0.2) is 0 Å². The maximum absolute atomic E-state index is 2.56. The van der Waals surface area contributed by atoms with Crippen LogP contribution in [0.25, 0.3) is 0 Å². The van der Waals surface area contributed by atoms with Crippen LogP contribution in [0.2, 0.25) is 0 Å². The minimum Gasteiger partial charge on any atom is -0.244 e. The van der Waals surface area contributed by atoms with Crippen LogP contribution in [0.15, 0.2) is 0 Å². The lowest BCUT2D eigenvalue weighted by molar-refractivity contribution is 0.547. The Bertz CT molecular complexity index is 133. The monoisotopic (exact) mass is 218 g/mol. The molecule has 2 atom stereocenters. The smallest absolute Gasteiger partial charge is 0.0228 e. The highest BCUT2D eigenvalue weighted by molar-refractivity contribution is 8.33. The van der Waals surface area contributed by atoms with Crippen molar-refractivity contribution in [3.63, 3.8) is 0 Å². The topological polar surface area (TPSA) is 0 Å². The first kappa shape index (κ1) is 14.3. The van der Waals surface area contributed by atoms with E-state index in [4.69, 9.17) is 0 Å². The second-order valence-corrected chi connectivity index (χ2v) is 9.18. The quantitative estimate of drug-likeness (QED) is 0.555. The van der Waals surface area contributed by atoms with E-state index in [1.165, 1.54) is 42.9 Å². The molecule has 0 aromatic heterocycles. The third kappa shape index (κ3) is 5.95. The van der Waals surface area contributed by atoms with Crippen molar-refractivity contribution in [2.45, 2.75) is 53.4 Å². The third-order valence-corrected chi connectivity index (χ3v) is 7.38. The van der Waals surface area contributed by atoms with Gasteiger partial charge in [-0.05, 0) is 42.3 Å². The molecule has 0 spiro atoms. The largest absolute Gasteiger partial charge is 0.244 e. The van der Waals surface area contributed by atoms with Gasteiger partial charge < -0.3 is 0 Å². The van der Waals surface area contributed by atoms with Crippen molar-refractivity contribution in [1.82, 2.24) is 0 Å². The zero-order valence-corrected chi connectivity index (χ0v) is 11.8. The third-order valence-electron chi connectivity index (χ3n) is 3.49. The highest BCUT2D eigenvalue weighted by Gasteiger charge is 2.15. The SMILES string of the molecule is CCCCS(C)(CC)CCC(C)CC. The highest BCUT2D eigenvalue weighted by atomic mass is 32.3. The summed E-state index contributed by atoms with van der Waals surface area (Å²) in [6, 6.07) is 0. The van der Waals surface area contributed by atoms with E-state index in [2.05, 4.69) is 34.0 Å². The van der Waals surface area contributed by atoms with Crippen LogP contribution in [-0.2, 0) is 0 Å². The molecule has 0 saturated carbocycles. The minimum atomic E-state index is -0.244. The van der Waals surface area contributed by atoms with Crippen LogP contribution in [0.3, 0.4) is 0 Å². The van der Waals surface area contributed by atoms with Crippen LogP contribution in [0.5, 0.6) is 0 Å². The normalized spacial score (nSPS) is 20.1. The summed E-state index contributed by atoms with van der Waals surface area (Å²) < 4.78 is 0. The molecule has 0 aliphatic rings. The predicted octanol–water partition coefficient (Wildman–Crippen LogP) is 4.68. The zero-order valence-electron chi connectivity index (χ0n) is 10.9. The molecule has 88 valence electrons. The van der Waals surface area contributed by atoms with Gasteiger partial charge in [-0.25, -0.2) is 10.0 Å². The molecular weight excluding hydrogens is 188 g/mol. The van der Waals surface area contributed by atoms with Gasteiger partial charge in [0, 0.05) is 0 Å². The van der Waals surface area contributed by atoms with Gasteiger partial charge in [-0.2, -0.15) is 0 Å². The van der Waals surface area contributed by atoms with Crippen LogP contribution in [0, 0.1) is 5.92 Å². The van der Waals surface area contributed by atoms with Crippen LogP contribution in [0.1, 0.15) is 53.4 Å². The fraction of sp³-hybridized carbons (Fsp3) is 1.00. The lowest BCUT2D eigenvalue weighted by Crippen LogP contribution is -2.12. The summed E-state index contributed by atoms with van der Waals surface area (Å²) in [5.41, 5.74) is 0. The molecule has 0 fully saturated rings. The molecule has 0 bridgehead atoms. The van der Waals surface area contributed by atoms with E-state index in [1.807, 2.05) is 0 Å². The number of unbranched alkanes of at least 4 members (excludes halogenated alkanes) is 1. The minimum absolute atomic E-state index is 0.244. The molecular formula is C13H30S. The van der Waals surface area contributed by atoms with Crippen molar-refractivity contribution in [3.8, 4) is 0 Å². The van der Waals surface area contributed by atoms with Crippen molar-refractivity contribution in [2.75, 3.05) is 23.5 Å². The van der Waals surface area contributed by atoms with E-state index in [9.17, 15) is 0 Å². The van der Waals surface area contributed by atoms with Gasteiger partial charge in [0.1, 0.15) is 0 Å². The summed E-state index contributed by atoms with van der Waals surface area (Å²) in [7, 11) is -0.244. The Hall–Kier alpha value is 0.350. The summed E-state index contributed by atoms with van der Waals surface area (Å²) in [6.07, 6.45) is 8.18. The summed E-state index contributed by atoms with van der Waals surface area (Å²) in [4.78, 5) is 0. The van der Waals surface area contributed by atoms with Crippen LogP contribution < -0.4 is 0 Å². The number of rotatable bonds is 8. The fourth-order valence-corrected chi connectivity index (χ4v) is 4.31. The Morgan fingerprint density at radius 3 is 2.14 bits per heavy atom. The average molecular weight is 218 g/mol. The molecule has 0 aromatic rings. The van der Waals surface area contributed by atoms with Crippen LogP contribution in [-0.4, -0.2) is 23.5 Å². The van der Waals surface area contributed by atoms with E-state index in [0.717, 1.165) is 5.92 Å². The molecule has 0 heterocycles. The maximum atomic E-state index is 2.56. The second-order valence-electron chi connectivity index (χ2n) is 4.83. The van der Waals surface area contributed by atoms with Gasteiger partial charge >= 0.3 is 0 Å². The average Bonchev–Trinajstić information content (AvgIpc) is 2.23. The molecule has 1 heteroatoms. The summed E-state index contributed by atoms with van der Waals surface area (Å²) in [5, 5.41) is 0. The van der Waals surface area contributed by atoms with Crippen molar-refractivity contribution in [2.24, 2.45) is 5.92 Å². The molecule has 0 aliphatic carbocycles. The lowest BCUT2D eigenvalue weighted by atomic mass is 10.1. The maximum Gasteiger partial charge on any atom is -0.0228 e. The Labute approximate surface area is 93.2 Å². The molecule has 0 aliphatic heterocycles. The fourth-order valence-electron chi connectivity index (χ4n) is 1.57. The van der Waals surface area contributed by atoms with Gasteiger partial charge in [-0.15, -0.1) is 0 Å². The molecule has 0 nitrogen and oxygen atoms in total. The number of hydrogen-bond donors (Lipinski definition) is 0. The number of hydrogen-bond acceptors (Lipinski definition) is 0. The standard InChI is InChI=1S/C13H30S/c1-6-9-11-14(5,8-3)12-10-13(4)7-2/h13H,6-12H2,1-5H3. The van der Waals surface area contributed by atoms with Crippen LogP contribution in [0.4, 0.5) is 0 Å². The van der Waals surface area contributed by atoms with Crippen molar-refractivity contribution >= 4 is 10.0 Å². The first-order valence-corrected chi connectivity index (χ1v) is 8.84. The first-order chi connectivity index (χ1) is 6.58. The molecule has 0 amide bonds. The first-order valence-electron chi connectivity index (χ1n) is 6.29. The van der Waals surface area contributed by atoms with E-state index in [-0.39, 0.29) is 10.0 Å². The van der Waals surface area contributed by atoms with E-state index < -0.39 is 0 Å². The van der Waals surface area contributed by atoms with Crippen molar-refractivity contribution in [1.29, 1.82) is 0 Å². The Morgan fingerprint density at radius 2 is 1.71 bits per heavy atom. The summed E-state index contributed by atoms with van der Waals surface area (Å²) >= 11 is 0. The Kier molecular flexibility index (Phi) is 7.81. The summed E-state index contributed by atoms with van der Waals surface area (Å²) in [5.74, 6) is 5.40. The van der Waals surface area contributed by atoms with Crippen molar-refractivity contribution in [3.05, 3.63) is 0 Å². The zero-order chi connectivity index (χ0) is 11.0. The van der Waals surface area contributed by atoms with Gasteiger partial charge in [0.25, 0.3) is 0 Å². The van der Waals surface area contributed by atoms with Gasteiger partial charge in [0.05, 0.1) is 0 Å². The molecule has 0 aromatic carbocycles. The Balaban J connectivity index is 3.85. The van der Waals surface area contributed by atoms with Gasteiger partial charge in [-0.3, -0.25) is 0 Å². The van der Waals surface area contributed by atoms with E-state index in [0.29, 0.717) is 0 Å². The molecule has 14 heavy (non-hydrogen) atoms. The molecule has 0 radical (unpaired) electrons. The van der Waals surface area contributed by atoms with E-state index in [1.54, 1.807) is 0 Å². The van der Waals surface area contributed by atoms with Gasteiger partial charge in [-0.1, -0.05) is 40.5 Å². The second kappa shape index (κ2) is 7.62. The van der Waals surface area contributed by atoms with E-state index >= 15 is 0 Å². The van der Waals surface area contributed by atoms with Crippen LogP contribution >= 0.6 is 10.0 Å². The Morgan fingerprint density at radius 1 is 1.07 bits per heavy atom. The molecule has 2 unspecified atom stereocenters. The predicted molar refractivity (Wildman–Crippen MR) is 72.8 cm³/mol. The molecule has 0 saturated heterocycles. The molecule has 0 rings (SSSR count). The van der Waals surface area contributed by atoms with Gasteiger partial charge in [0.2, 0.25) is 0 Å². The van der Waals surface area contributed by atoms with Crippen molar-refractivity contribution < 1.29 is 0 Å².